The molecule has 0 spiro atoms. The van der Waals surface area contributed by atoms with Gasteiger partial charge in [0.25, 0.3) is 0 Å². The smallest absolute Gasteiger partial charge is 0.338 e. The molecule has 0 aliphatic heterocycles. The van der Waals surface area contributed by atoms with Crippen molar-refractivity contribution >= 4 is 31.7 Å². The monoisotopic (exact) mass is 453 g/mol. The Balaban J connectivity index is 1.90. The van der Waals surface area contributed by atoms with Crippen LogP contribution in [0, 0.1) is 0 Å². The summed E-state index contributed by atoms with van der Waals surface area (Å²) >= 11 is 0. The van der Waals surface area contributed by atoms with Crippen LogP contribution in [-0.4, -0.2) is 40.7 Å². The summed E-state index contributed by atoms with van der Waals surface area (Å²) in [6.45, 7) is 1.55. The van der Waals surface area contributed by atoms with Crippen LogP contribution in [0.1, 0.15) is 34.8 Å². The van der Waals surface area contributed by atoms with Gasteiger partial charge in [0.15, 0.2) is 9.84 Å². The zero-order chi connectivity index (χ0) is 22.4. The number of nitrogens with one attached hydrogen (secondary N) is 1. The Morgan fingerprint density at radius 2 is 1.47 bits per heavy atom. The Kier molecular flexibility index (Phi) is 7.74. The Labute approximate surface area is 176 Å². The van der Waals surface area contributed by atoms with Gasteiger partial charge in [-0.05, 0) is 41.8 Å². The van der Waals surface area contributed by atoms with Crippen molar-refractivity contribution in [2.24, 2.45) is 0 Å². The quantitative estimate of drug-likeness (QED) is 0.575. The van der Waals surface area contributed by atoms with E-state index in [2.05, 4.69) is 0 Å². The molecule has 8 nitrogen and oxygen atoms in total. The molecule has 10 heteroatoms. The first-order valence-electron chi connectivity index (χ1n) is 9.08. The largest absolute Gasteiger partial charge is 0.457 e. The van der Waals surface area contributed by atoms with E-state index < -0.39 is 31.7 Å². The first kappa shape index (κ1) is 23.6. The lowest BCUT2D eigenvalue weighted by Gasteiger charge is -2.08. The van der Waals surface area contributed by atoms with E-state index in [9.17, 15) is 26.4 Å². The second-order valence-corrected chi connectivity index (χ2v) is 10.5. The second-order valence-electron chi connectivity index (χ2n) is 6.64. The van der Waals surface area contributed by atoms with E-state index in [0.717, 1.165) is 6.26 Å². The number of sulfone groups is 1. The van der Waals surface area contributed by atoms with E-state index >= 15 is 0 Å². The molecule has 0 fully saturated rings. The number of aryl methyl sites for hydroxylation is 1. The van der Waals surface area contributed by atoms with E-state index in [4.69, 9.17) is 4.74 Å². The highest BCUT2D eigenvalue weighted by Gasteiger charge is 2.14. The Morgan fingerprint density at radius 3 is 2.00 bits per heavy atom. The maximum absolute atomic E-state index is 12.2. The van der Waals surface area contributed by atoms with Crippen LogP contribution < -0.4 is 4.72 Å². The predicted molar refractivity (Wildman–Crippen MR) is 111 cm³/mol. The van der Waals surface area contributed by atoms with Crippen molar-refractivity contribution in [3.8, 4) is 0 Å². The van der Waals surface area contributed by atoms with Crippen LogP contribution in [0.15, 0.2) is 53.4 Å². The topological polar surface area (TPSA) is 124 Å². The normalized spacial score (nSPS) is 11.7. The number of hydrogen-bond acceptors (Lipinski definition) is 7. The van der Waals surface area contributed by atoms with Gasteiger partial charge in [-0.1, -0.05) is 31.2 Å². The average Bonchev–Trinajstić information content (AvgIpc) is 2.70. The van der Waals surface area contributed by atoms with Crippen molar-refractivity contribution in [2.75, 3.05) is 12.0 Å². The van der Waals surface area contributed by atoms with Crippen LogP contribution >= 0.6 is 0 Å². The van der Waals surface area contributed by atoms with E-state index in [1.54, 1.807) is 31.2 Å². The van der Waals surface area contributed by atoms with Gasteiger partial charge < -0.3 is 4.74 Å². The number of rotatable bonds is 9. The summed E-state index contributed by atoms with van der Waals surface area (Å²) < 4.78 is 53.7. The zero-order valence-electron chi connectivity index (χ0n) is 16.6. The molecule has 0 atom stereocenters. The van der Waals surface area contributed by atoms with E-state index in [-0.39, 0.29) is 30.1 Å². The molecular weight excluding hydrogens is 430 g/mol. The molecule has 1 amide bonds. The standard InChI is InChI=1S/C20H23NO7S2/c1-3-19(22)21-30(26,27)13-12-15-4-8-17(9-5-15)20(23)28-14-16-6-10-18(11-7-16)29(2,24)25/h4-11H,3,12-14H2,1-2H3,(H,21,22). The SMILES string of the molecule is CCC(=O)NS(=O)(=O)CCc1ccc(C(=O)OCc2ccc(S(C)(=O)=O)cc2)cc1. The van der Waals surface area contributed by atoms with Crippen molar-refractivity contribution in [3.05, 3.63) is 65.2 Å². The molecule has 0 bridgehead atoms. The van der Waals surface area contributed by atoms with E-state index in [1.807, 2.05) is 4.72 Å². The number of benzene rings is 2. The molecule has 2 rings (SSSR count). The maximum Gasteiger partial charge on any atom is 0.338 e. The molecule has 0 saturated heterocycles. The number of amides is 1. The van der Waals surface area contributed by atoms with Crippen LogP contribution in [0.2, 0.25) is 0 Å². The van der Waals surface area contributed by atoms with Crippen molar-refractivity contribution in [1.29, 1.82) is 0 Å². The minimum absolute atomic E-state index is 0.0139. The van der Waals surface area contributed by atoms with Crippen LogP contribution in [-0.2, 0) is 42.4 Å². The number of esters is 1. The minimum atomic E-state index is -3.70. The molecular formula is C20H23NO7S2. The van der Waals surface area contributed by atoms with Gasteiger partial charge in [0, 0.05) is 12.7 Å². The third-order valence-electron chi connectivity index (χ3n) is 4.16. The van der Waals surface area contributed by atoms with Crippen molar-refractivity contribution in [3.63, 3.8) is 0 Å². The molecule has 162 valence electrons. The molecule has 0 aliphatic rings. The number of hydrogen-bond donors (Lipinski definition) is 1. The fourth-order valence-corrected chi connectivity index (χ4v) is 4.15. The summed E-state index contributed by atoms with van der Waals surface area (Å²) in [6, 6.07) is 12.3. The lowest BCUT2D eigenvalue weighted by molar-refractivity contribution is -0.119. The summed E-state index contributed by atoms with van der Waals surface area (Å²) in [5, 5.41) is 0. The highest BCUT2D eigenvalue weighted by atomic mass is 32.2. The zero-order valence-corrected chi connectivity index (χ0v) is 18.3. The molecule has 0 saturated carbocycles. The third kappa shape index (κ3) is 7.27. The van der Waals surface area contributed by atoms with Gasteiger partial charge >= 0.3 is 5.97 Å². The van der Waals surface area contributed by atoms with Crippen molar-refractivity contribution in [2.45, 2.75) is 31.3 Å². The van der Waals surface area contributed by atoms with E-state index in [1.165, 1.54) is 24.3 Å². The number of sulfonamides is 1. The summed E-state index contributed by atoms with van der Waals surface area (Å²) in [5.41, 5.74) is 1.64. The lowest BCUT2D eigenvalue weighted by atomic mass is 10.1. The Hall–Kier alpha value is -2.72. The van der Waals surface area contributed by atoms with Crippen LogP contribution in [0.25, 0.3) is 0 Å². The molecule has 0 aromatic heterocycles. The van der Waals surface area contributed by atoms with Gasteiger partial charge in [0.05, 0.1) is 16.2 Å². The van der Waals surface area contributed by atoms with Gasteiger partial charge in [0.1, 0.15) is 6.61 Å². The maximum atomic E-state index is 12.2. The van der Waals surface area contributed by atoms with Crippen LogP contribution in [0.5, 0.6) is 0 Å². The number of carbonyl (C=O) groups is 2. The molecule has 2 aromatic rings. The lowest BCUT2D eigenvalue weighted by Crippen LogP contribution is -2.32. The molecule has 1 N–H and O–H groups in total. The highest BCUT2D eigenvalue weighted by molar-refractivity contribution is 7.90. The second kappa shape index (κ2) is 9.86. The minimum Gasteiger partial charge on any atom is -0.457 e. The molecule has 2 aromatic carbocycles. The predicted octanol–water partition coefficient (Wildman–Crippen LogP) is 1.85. The van der Waals surface area contributed by atoms with Gasteiger partial charge in [-0.25, -0.2) is 21.6 Å². The van der Waals surface area contributed by atoms with Gasteiger partial charge in [-0.2, -0.15) is 0 Å². The van der Waals surface area contributed by atoms with Gasteiger partial charge in [-0.3, -0.25) is 9.52 Å². The molecule has 0 heterocycles. The average molecular weight is 454 g/mol. The van der Waals surface area contributed by atoms with Gasteiger partial charge in [-0.15, -0.1) is 0 Å². The van der Waals surface area contributed by atoms with E-state index in [0.29, 0.717) is 16.7 Å². The summed E-state index contributed by atoms with van der Waals surface area (Å²) in [7, 11) is -6.98. The first-order chi connectivity index (χ1) is 14.0. The number of ether oxygens (including phenoxy) is 1. The molecule has 0 unspecified atom stereocenters. The number of carbonyl (C=O) groups excluding carboxylic acids is 2. The highest BCUT2D eigenvalue weighted by Crippen LogP contribution is 2.13. The Morgan fingerprint density at radius 1 is 0.900 bits per heavy atom. The summed E-state index contributed by atoms with van der Waals surface area (Å²) in [6.07, 6.45) is 1.38. The van der Waals surface area contributed by atoms with Gasteiger partial charge in [0.2, 0.25) is 15.9 Å². The first-order valence-corrected chi connectivity index (χ1v) is 12.6. The van der Waals surface area contributed by atoms with Crippen molar-refractivity contribution < 1.29 is 31.2 Å². The van der Waals surface area contributed by atoms with Crippen LogP contribution in [0.3, 0.4) is 0 Å². The molecule has 0 aliphatic carbocycles. The fourth-order valence-electron chi connectivity index (χ4n) is 2.42. The molecule has 0 radical (unpaired) electrons. The summed E-state index contributed by atoms with van der Waals surface area (Å²) in [4.78, 5) is 23.6. The van der Waals surface area contributed by atoms with Crippen LogP contribution in [0.4, 0.5) is 0 Å². The van der Waals surface area contributed by atoms with Crippen molar-refractivity contribution in [1.82, 2.24) is 4.72 Å². The summed E-state index contributed by atoms with van der Waals surface area (Å²) in [5.74, 6) is -1.36. The fraction of sp³-hybridized carbons (Fsp3) is 0.300. The molecule has 30 heavy (non-hydrogen) atoms. The Bertz CT molecular complexity index is 1100. The third-order valence-corrected chi connectivity index (χ3v) is 6.57.